The molecule has 0 aliphatic carbocycles. The van der Waals surface area contributed by atoms with Crippen molar-refractivity contribution in [2.45, 2.75) is 42.1 Å². The fourth-order valence-electron chi connectivity index (χ4n) is 3.85. The lowest BCUT2D eigenvalue weighted by Gasteiger charge is -2.14. The van der Waals surface area contributed by atoms with Crippen LogP contribution in [0.1, 0.15) is 20.3 Å². The molecule has 9 nitrogen and oxygen atoms in total. The maximum Gasteiger partial charge on any atom is 0.319 e. The van der Waals surface area contributed by atoms with Crippen molar-refractivity contribution in [3.63, 3.8) is 0 Å². The third-order valence-electron chi connectivity index (χ3n) is 5.62. The summed E-state index contributed by atoms with van der Waals surface area (Å²) in [6.45, 7) is 4.79. The molecule has 0 saturated heterocycles. The van der Waals surface area contributed by atoms with Gasteiger partial charge in [0.1, 0.15) is 5.25 Å². The molecule has 0 unspecified atom stereocenters. The Morgan fingerprint density at radius 3 is 2.47 bits per heavy atom. The van der Waals surface area contributed by atoms with Crippen LogP contribution in [0, 0.1) is 0 Å². The van der Waals surface area contributed by atoms with Crippen LogP contribution < -0.4 is 0 Å². The Morgan fingerprint density at radius 2 is 1.78 bits per heavy atom. The lowest BCUT2D eigenvalue weighted by atomic mass is 10.1. The molecule has 0 N–H and O–H groups in total. The SMILES string of the molecule is CCOC(=O)[C@H](CC)Sc1nnc(-c2cn(S(=O)(=O)c3ccccc3)c3ccccc23)n1CCOC. The van der Waals surface area contributed by atoms with Crippen molar-refractivity contribution in [2.24, 2.45) is 0 Å². The Bertz CT molecular complexity index is 1450. The normalized spacial score (nSPS) is 12.6. The van der Waals surface area contributed by atoms with Crippen LogP contribution in [-0.2, 0) is 30.8 Å². The van der Waals surface area contributed by atoms with Crippen molar-refractivity contribution in [3.8, 4) is 11.4 Å². The van der Waals surface area contributed by atoms with E-state index in [0.29, 0.717) is 48.2 Å². The zero-order valence-corrected chi connectivity index (χ0v) is 22.0. The topological polar surface area (TPSA) is 105 Å². The predicted molar refractivity (Wildman–Crippen MR) is 138 cm³/mol. The van der Waals surface area contributed by atoms with Crippen LogP contribution in [0.15, 0.2) is 70.8 Å². The van der Waals surface area contributed by atoms with E-state index in [1.54, 1.807) is 62.7 Å². The van der Waals surface area contributed by atoms with Crippen molar-refractivity contribution in [3.05, 3.63) is 60.8 Å². The lowest BCUT2D eigenvalue weighted by Crippen LogP contribution is -2.20. The molecule has 190 valence electrons. The number of hydrogen-bond acceptors (Lipinski definition) is 8. The molecule has 0 fully saturated rings. The fraction of sp³-hybridized carbons (Fsp3) is 0.320. The summed E-state index contributed by atoms with van der Waals surface area (Å²) in [6, 6.07) is 15.6. The molecule has 0 aliphatic heterocycles. The Balaban J connectivity index is 1.84. The van der Waals surface area contributed by atoms with Gasteiger partial charge < -0.3 is 9.47 Å². The van der Waals surface area contributed by atoms with E-state index >= 15 is 0 Å². The molecule has 11 heteroatoms. The Kier molecular flexibility index (Phi) is 8.12. The molecule has 2 heterocycles. The van der Waals surface area contributed by atoms with Crippen molar-refractivity contribution >= 4 is 38.7 Å². The summed E-state index contributed by atoms with van der Waals surface area (Å²) in [4.78, 5) is 12.6. The van der Waals surface area contributed by atoms with Crippen LogP contribution in [-0.4, -0.2) is 58.7 Å². The molecular formula is C25H28N4O5S2. The summed E-state index contributed by atoms with van der Waals surface area (Å²) in [6.07, 6.45) is 2.14. The number of ether oxygens (including phenoxy) is 2. The highest BCUT2D eigenvalue weighted by Gasteiger charge is 2.27. The lowest BCUT2D eigenvalue weighted by molar-refractivity contribution is -0.142. The third kappa shape index (κ3) is 5.04. The van der Waals surface area contributed by atoms with E-state index in [2.05, 4.69) is 10.2 Å². The molecule has 0 bridgehead atoms. The zero-order chi connectivity index (χ0) is 25.7. The molecule has 0 radical (unpaired) electrons. The van der Waals surface area contributed by atoms with Gasteiger partial charge in [0.05, 0.1) is 30.2 Å². The number of rotatable bonds is 11. The molecule has 0 spiro atoms. The van der Waals surface area contributed by atoms with Crippen molar-refractivity contribution in [1.29, 1.82) is 0 Å². The summed E-state index contributed by atoms with van der Waals surface area (Å²) >= 11 is 1.28. The number of para-hydroxylation sites is 1. The number of nitrogens with zero attached hydrogens (tertiary/aromatic N) is 4. The van der Waals surface area contributed by atoms with E-state index in [1.807, 2.05) is 23.6 Å². The van der Waals surface area contributed by atoms with Crippen molar-refractivity contribution in [2.75, 3.05) is 20.3 Å². The number of benzene rings is 2. The standard InChI is InChI=1S/C25H28N4O5S2/c1-4-22(24(30)34-5-2)35-25-27-26-23(28(25)15-16-33-3)20-17-29(21-14-10-9-13-19(20)21)36(31,32)18-11-7-6-8-12-18/h6-14,17,22H,4-5,15-16H2,1-3H3/t22-/m0/s1. The second kappa shape index (κ2) is 11.3. The van der Waals surface area contributed by atoms with Crippen LogP contribution in [0.25, 0.3) is 22.3 Å². The molecule has 0 saturated carbocycles. The van der Waals surface area contributed by atoms with Gasteiger partial charge in [0.15, 0.2) is 11.0 Å². The number of hydrogen-bond donors (Lipinski definition) is 0. The van der Waals surface area contributed by atoms with Gasteiger partial charge in [-0.3, -0.25) is 9.36 Å². The summed E-state index contributed by atoms with van der Waals surface area (Å²) in [7, 11) is -2.25. The second-order valence-electron chi connectivity index (χ2n) is 7.89. The van der Waals surface area contributed by atoms with Gasteiger partial charge in [0.25, 0.3) is 10.0 Å². The van der Waals surface area contributed by atoms with Crippen LogP contribution in [0.4, 0.5) is 0 Å². The molecule has 1 atom stereocenters. The first-order valence-corrected chi connectivity index (χ1v) is 13.9. The second-order valence-corrected chi connectivity index (χ2v) is 10.9. The monoisotopic (exact) mass is 528 g/mol. The Morgan fingerprint density at radius 1 is 1.06 bits per heavy atom. The quantitative estimate of drug-likeness (QED) is 0.211. The van der Waals surface area contributed by atoms with E-state index in [-0.39, 0.29) is 10.9 Å². The van der Waals surface area contributed by atoms with Gasteiger partial charge in [-0.05, 0) is 31.5 Å². The van der Waals surface area contributed by atoms with E-state index in [9.17, 15) is 13.2 Å². The summed E-state index contributed by atoms with van der Waals surface area (Å²) in [5.41, 5.74) is 1.15. The van der Waals surface area contributed by atoms with Crippen molar-refractivity contribution < 1.29 is 22.7 Å². The largest absolute Gasteiger partial charge is 0.465 e. The predicted octanol–water partition coefficient (Wildman–Crippen LogP) is 4.22. The van der Waals surface area contributed by atoms with E-state index in [1.165, 1.54) is 15.7 Å². The maximum atomic E-state index is 13.5. The summed E-state index contributed by atoms with van der Waals surface area (Å²) in [5, 5.41) is 9.60. The smallest absolute Gasteiger partial charge is 0.319 e. The van der Waals surface area contributed by atoms with Crippen LogP contribution >= 0.6 is 11.8 Å². The number of thioether (sulfide) groups is 1. The van der Waals surface area contributed by atoms with Crippen LogP contribution in [0.2, 0.25) is 0 Å². The van der Waals surface area contributed by atoms with Crippen LogP contribution in [0.5, 0.6) is 0 Å². The first-order valence-electron chi connectivity index (χ1n) is 11.6. The molecule has 4 rings (SSSR count). The molecule has 2 aromatic carbocycles. The summed E-state index contributed by atoms with van der Waals surface area (Å²) in [5.74, 6) is 0.185. The Labute approximate surface area is 214 Å². The molecular weight excluding hydrogens is 500 g/mol. The zero-order valence-electron chi connectivity index (χ0n) is 20.3. The maximum absolute atomic E-state index is 13.5. The molecule has 0 amide bonds. The number of esters is 1. The minimum Gasteiger partial charge on any atom is -0.465 e. The van der Waals surface area contributed by atoms with Gasteiger partial charge in [0.2, 0.25) is 0 Å². The van der Waals surface area contributed by atoms with Gasteiger partial charge >= 0.3 is 5.97 Å². The van der Waals surface area contributed by atoms with E-state index < -0.39 is 15.3 Å². The first-order chi connectivity index (χ1) is 17.4. The highest BCUT2D eigenvalue weighted by atomic mass is 32.2. The highest BCUT2D eigenvalue weighted by Crippen LogP contribution is 2.35. The van der Waals surface area contributed by atoms with Gasteiger partial charge in [-0.25, -0.2) is 12.4 Å². The average Bonchev–Trinajstić information content (AvgIpc) is 3.48. The Hall–Kier alpha value is -3.15. The number of carbonyl (C=O) groups excluding carboxylic acids is 1. The molecule has 2 aromatic heterocycles. The van der Waals surface area contributed by atoms with Crippen molar-refractivity contribution in [1.82, 2.24) is 18.7 Å². The van der Waals surface area contributed by atoms with E-state index in [0.717, 1.165) is 5.39 Å². The van der Waals surface area contributed by atoms with Gasteiger partial charge in [0, 0.05) is 24.3 Å². The molecule has 36 heavy (non-hydrogen) atoms. The van der Waals surface area contributed by atoms with Crippen LogP contribution in [0.3, 0.4) is 0 Å². The molecule has 0 aliphatic rings. The third-order valence-corrected chi connectivity index (χ3v) is 8.63. The summed E-state index contributed by atoms with van der Waals surface area (Å²) < 4.78 is 40.7. The van der Waals surface area contributed by atoms with Gasteiger partial charge in [-0.1, -0.05) is 55.1 Å². The van der Waals surface area contributed by atoms with Gasteiger partial charge in [-0.2, -0.15) is 0 Å². The average molecular weight is 529 g/mol. The fourth-order valence-corrected chi connectivity index (χ4v) is 6.22. The number of fused-ring (bicyclic) bond motifs is 1. The minimum absolute atomic E-state index is 0.189. The van der Waals surface area contributed by atoms with E-state index in [4.69, 9.17) is 9.47 Å². The van der Waals surface area contributed by atoms with Gasteiger partial charge in [-0.15, -0.1) is 10.2 Å². The number of aromatic nitrogens is 4. The highest BCUT2D eigenvalue weighted by molar-refractivity contribution is 8.00. The minimum atomic E-state index is -3.85. The molecule has 4 aromatic rings. The number of carbonyl (C=O) groups is 1. The first kappa shape index (κ1) is 25.9. The number of methoxy groups -OCH3 is 1.